The maximum atomic E-state index is 11.1. The maximum Gasteiger partial charge on any atom is 0.336 e. The van der Waals surface area contributed by atoms with Gasteiger partial charge in [0.05, 0.1) is 12.8 Å². The number of nitrogens with one attached hydrogen (secondary N) is 1. The van der Waals surface area contributed by atoms with Crippen molar-refractivity contribution in [2.24, 2.45) is 0 Å². The van der Waals surface area contributed by atoms with Crippen molar-refractivity contribution in [1.29, 1.82) is 0 Å². The highest BCUT2D eigenvalue weighted by Crippen LogP contribution is 2.16. The van der Waals surface area contributed by atoms with E-state index >= 15 is 0 Å². The molecule has 4 N–H and O–H groups in total. The van der Waals surface area contributed by atoms with Gasteiger partial charge in [-0.25, -0.2) is 9.59 Å². The lowest BCUT2D eigenvalue weighted by Gasteiger charge is -2.19. The third-order valence-corrected chi connectivity index (χ3v) is 1.73. The second-order valence-corrected chi connectivity index (χ2v) is 3.23. The van der Waals surface area contributed by atoms with Crippen LogP contribution in [-0.4, -0.2) is 44.7 Å². The number of aliphatic hydroxyl groups is 1. The summed E-state index contributed by atoms with van der Waals surface area (Å²) in [4.78, 5) is 46.8. The summed E-state index contributed by atoms with van der Waals surface area (Å²) in [5, 5.41) is 26.5. The molecule has 0 bridgehead atoms. The van der Waals surface area contributed by atoms with Crippen molar-refractivity contribution in [1.82, 2.24) is 5.48 Å². The first-order chi connectivity index (χ1) is 8.21. The van der Waals surface area contributed by atoms with Gasteiger partial charge in [-0.2, -0.15) is 5.48 Å². The summed E-state index contributed by atoms with van der Waals surface area (Å²) >= 11 is 0. The molecule has 0 aromatic heterocycles. The minimum Gasteiger partial charge on any atom is -0.481 e. The molecule has 0 aliphatic carbocycles. The molecule has 0 saturated heterocycles. The molecule has 0 aromatic carbocycles. The van der Waals surface area contributed by atoms with E-state index in [0.717, 1.165) is 6.08 Å². The fourth-order valence-electron chi connectivity index (χ4n) is 0.888. The van der Waals surface area contributed by atoms with Crippen LogP contribution in [0.3, 0.4) is 0 Å². The van der Waals surface area contributed by atoms with Gasteiger partial charge in [-0.05, 0) is 6.08 Å². The Labute approximate surface area is 101 Å². The Hall–Kier alpha value is -2.42. The Morgan fingerprint density at radius 3 is 2.17 bits per heavy atom. The molecule has 1 atom stereocenters. The molecule has 1 unspecified atom stereocenters. The SMILES string of the molecule is C=CC(=O)NOC(=O)CC(O)(CC(=O)O)C(=O)O. The van der Waals surface area contributed by atoms with E-state index in [2.05, 4.69) is 11.4 Å². The first-order valence-corrected chi connectivity index (χ1v) is 4.51. The molecule has 9 nitrogen and oxygen atoms in total. The molecular formula is C9H11NO8. The highest BCUT2D eigenvalue weighted by atomic mass is 16.7. The fraction of sp³-hybridized carbons (Fsp3) is 0.333. The summed E-state index contributed by atoms with van der Waals surface area (Å²) in [6, 6.07) is 0. The average molecular weight is 261 g/mol. The molecule has 0 radical (unpaired) electrons. The van der Waals surface area contributed by atoms with E-state index in [0.29, 0.717) is 0 Å². The Bertz CT molecular complexity index is 390. The first kappa shape index (κ1) is 15.6. The summed E-state index contributed by atoms with van der Waals surface area (Å²) in [7, 11) is 0. The van der Waals surface area contributed by atoms with Crippen LogP contribution in [0.2, 0.25) is 0 Å². The quantitative estimate of drug-likeness (QED) is 0.330. The standard InChI is InChI=1S/C9H11NO8/c1-2-5(11)10-18-7(14)4-9(17,8(15)16)3-6(12)13/h2,17H,1,3-4H2,(H,10,11)(H,12,13)(H,15,16). The number of amides is 1. The second-order valence-electron chi connectivity index (χ2n) is 3.23. The molecule has 18 heavy (non-hydrogen) atoms. The number of carboxylic acid groups (broad SMARTS) is 2. The molecule has 0 spiro atoms. The van der Waals surface area contributed by atoms with Gasteiger partial charge in [-0.1, -0.05) is 6.58 Å². The molecule has 0 aromatic rings. The zero-order valence-corrected chi connectivity index (χ0v) is 9.08. The Morgan fingerprint density at radius 2 is 1.78 bits per heavy atom. The Morgan fingerprint density at radius 1 is 1.22 bits per heavy atom. The molecule has 0 rings (SSSR count). The minimum atomic E-state index is -2.80. The number of rotatable bonds is 6. The van der Waals surface area contributed by atoms with E-state index in [9.17, 15) is 24.3 Å². The predicted molar refractivity (Wildman–Crippen MR) is 53.9 cm³/mol. The number of hydroxylamine groups is 1. The summed E-state index contributed by atoms with van der Waals surface area (Å²) in [6.45, 7) is 3.06. The topological polar surface area (TPSA) is 150 Å². The number of hydrogen-bond acceptors (Lipinski definition) is 6. The molecule has 1 amide bonds. The molecule has 100 valence electrons. The van der Waals surface area contributed by atoms with Gasteiger partial charge >= 0.3 is 17.9 Å². The summed E-state index contributed by atoms with van der Waals surface area (Å²) < 4.78 is 0. The van der Waals surface area contributed by atoms with E-state index in [1.165, 1.54) is 0 Å². The van der Waals surface area contributed by atoms with Crippen molar-refractivity contribution in [2.75, 3.05) is 0 Å². The van der Waals surface area contributed by atoms with Gasteiger partial charge in [0.2, 0.25) is 0 Å². The largest absolute Gasteiger partial charge is 0.481 e. The van der Waals surface area contributed by atoms with Gasteiger partial charge in [-0.3, -0.25) is 9.59 Å². The van der Waals surface area contributed by atoms with Gasteiger partial charge in [0.1, 0.15) is 0 Å². The van der Waals surface area contributed by atoms with Crippen LogP contribution in [0.15, 0.2) is 12.7 Å². The third-order valence-electron chi connectivity index (χ3n) is 1.73. The minimum absolute atomic E-state index is 0.786. The lowest BCUT2D eigenvalue weighted by Crippen LogP contribution is -2.44. The summed E-state index contributed by atoms with van der Waals surface area (Å²) in [5.41, 5.74) is -1.21. The van der Waals surface area contributed by atoms with E-state index in [1.807, 2.05) is 0 Å². The molecule has 0 fully saturated rings. The third kappa shape index (κ3) is 5.07. The van der Waals surface area contributed by atoms with Crippen LogP contribution in [0.25, 0.3) is 0 Å². The maximum absolute atomic E-state index is 11.1. The van der Waals surface area contributed by atoms with Gasteiger partial charge in [0.15, 0.2) is 5.60 Å². The molecule has 9 heteroatoms. The number of carbonyl (C=O) groups is 4. The fourth-order valence-corrected chi connectivity index (χ4v) is 0.888. The summed E-state index contributed by atoms with van der Waals surface area (Å²) in [6.07, 6.45) is -1.53. The molecule has 0 heterocycles. The van der Waals surface area contributed by atoms with E-state index < -0.39 is 42.3 Å². The van der Waals surface area contributed by atoms with Crippen molar-refractivity contribution in [3.8, 4) is 0 Å². The molecule has 0 aliphatic heterocycles. The van der Waals surface area contributed by atoms with Gasteiger partial charge in [0, 0.05) is 0 Å². The van der Waals surface area contributed by atoms with Crippen LogP contribution >= 0.6 is 0 Å². The van der Waals surface area contributed by atoms with Crippen LogP contribution < -0.4 is 5.48 Å². The Kier molecular flexibility index (Phi) is 5.49. The normalized spacial score (nSPS) is 12.9. The highest BCUT2D eigenvalue weighted by Gasteiger charge is 2.41. The molecular weight excluding hydrogens is 250 g/mol. The Balaban J connectivity index is 4.55. The second kappa shape index (κ2) is 6.35. The average Bonchev–Trinajstić information content (AvgIpc) is 2.24. The molecule has 0 aliphatic rings. The lowest BCUT2D eigenvalue weighted by atomic mass is 9.96. The zero-order chi connectivity index (χ0) is 14.3. The van der Waals surface area contributed by atoms with Crippen molar-refractivity contribution < 1.29 is 39.3 Å². The van der Waals surface area contributed by atoms with Crippen LogP contribution in [-0.2, 0) is 24.0 Å². The van der Waals surface area contributed by atoms with Crippen molar-refractivity contribution >= 4 is 23.8 Å². The number of carboxylic acids is 2. The van der Waals surface area contributed by atoms with Crippen molar-refractivity contribution in [3.05, 3.63) is 12.7 Å². The van der Waals surface area contributed by atoms with Gasteiger partial charge < -0.3 is 20.2 Å². The highest BCUT2D eigenvalue weighted by molar-refractivity contribution is 5.90. The first-order valence-electron chi connectivity index (χ1n) is 4.51. The number of hydrogen-bond donors (Lipinski definition) is 4. The van der Waals surface area contributed by atoms with Gasteiger partial charge in [0.25, 0.3) is 5.91 Å². The van der Waals surface area contributed by atoms with Crippen LogP contribution in [0.5, 0.6) is 0 Å². The van der Waals surface area contributed by atoms with Crippen LogP contribution in [0.4, 0.5) is 0 Å². The molecule has 0 saturated carbocycles. The smallest absolute Gasteiger partial charge is 0.336 e. The van der Waals surface area contributed by atoms with E-state index in [1.54, 1.807) is 5.48 Å². The number of carbonyl (C=O) groups excluding carboxylic acids is 2. The van der Waals surface area contributed by atoms with E-state index in [4.69, 9.17) is 10.2 Å². The van der Waals surface area contributed by atoms with E-state index in [-0.39, 0.29) is 0 Å². The van der Waals surface area contributed by atoms with Crippen molar-refractivity contribution in [2.45, 2.75) is 18.4 Å². The van der Waals surface area contributed by atoms with Crippen molar-refractivity contribution in [3.63, 3.8) is 0 Å². The van der Waals surface area contributed by atoms with Gasteiger partial charge in [-0.15, -0.1) is 0 Å². The number of aliphatic carboxylic acids is 2. The monoisotopic (exact) mass is 261 g/mol. The summed E-state index contributed by atoms with van der Waals surface area (Å²) in [5.74, 6) is -5.67. The lowest BCUT2D eigenvalue weighted by molar-refractivity contribution is -0.175. The zero-order valence-electron chi connectivity index (χ0n) is 9.08. The predicted octanol–water partition coefficient (Wildman–Crippen LogP) is -1.57. The van der Waals surface area contributed by atoms with Crippen LogP contribution in [0.1, 0.15) is 12.8 Å². The van der Waals surface area contributed by atoms with Crippen LogP contribution in [0, 0.1) is 0 Å².